The first-order valence-electron chi connectivity index (χ1n) is 8.62. The minimum atomic E-state index is -3.88. The molecule has 1 aliphatic heterocycles. The molecule has 1 amide bonds. The topological polar surface area (TPSA) is 57.7 Å². The van der Waals surface area contributed by atoms with E-state index in [2.05, 4.69) is 0 Å². The number of rotatable bonds is 6. The highest BCUT2D eigenvalue weighted by Gasteiger charge is 2.31. The summed E-state index contributed by atoms with van der Waals surface area (Å²) in [6.07, 6.45) is 0. The van der Waals surface area contributed by atoms with Gasteiger partial charge in [-0.25, -0.2) is 12.8 Å². The maximum absolute atomic E-state index is 13.9. The van der Waals surface area contributed by atoms with Crippen LogP contribution in [0.5, 0.6) is 0 Å². The van der Waals surface area contributed by atoms with Crippen molar-refractivity contribution >= 4 is 27.7 Å². The highest BCUT2D eigenvalue weighted by Crippen LogP contribution is 2.21. The first-order valence-corrected chi connectivity index (χ1v) is 11.2. The van der Waals surface area contributed by atoms with E-state index in [4.69, 9.17) is 0 Å². The number of hydrogen-bond acceptors (Lipinski definition) is 4. The van der Waals surface area contributed by atoms with Crippen LogP contribution >= 0.6 is 11.8 Å². The first-order chi connectivity index (χ1) is 13.0. The Labute approximate surface area is 163 Å². The predicted molar refractivity (Wildman–Crippen MR) is 104 cm³/mol. The van der Waals surface area contributed by atoms with E-state index in [1.807, 2.05) is 30.3 Å². The molecule has 0 unspecified atom stereocenters. The lowest BCUT2D eigenvalue weighted by atomic mass is 10.2. The molecule has 0 aliphatic carbocycles. The SMILES string of the molecule is O=C(CSCc1ccccc1)N1CCN(S(=O)(=O)c2ccccc2F)CC1. The largest absolute Gasteiger partial charge is 0.339 e. The molecule has 2 aromatic rings. The Morgan fingerprint density at radius 1 is 0.963 bits per heavy atom. The number of carbonyl (C=O) groups excluding carboxylic acids is 1. The van der Waals surface area contributed by atoms with E-state index in [1.54, 1.807) is 16.7 Å². The lowest BCUT2D eigenvalue weighted by molar-refractivity contribution is -0.129. The number of benzene rings is 2. The molecule has 1 aliphatic rings. The highest BCUT2D eigenvalue weighted by molar-refractivity contribution is 7.99. The van der Waals surface area contributed by atoms with Crippen LogP contribution in [0.3, 0.4) is 0 Å². The van der Waals surface area contributed by atoms with Crippen molar-refractivity contribution in [2.45, 2.75) is 10.6 Å². The van der Waals surface area contributed by atoms with Gasteiger partial charge < -0.3 is 4.90 Å². The summed E-state index contributed by atoms with van der Waals surface area (Å²) in [4.78, 5) is 13.7. The molecule has 8 heteroatoms. The molecule has 0 saturated carbocycles. The Kier molecular flexibility index (Phi) is 6.51. The smallest absolute Gasteiger partial charge is 0.246 e. The lowest BCUT2D eigenvalue weighted by Crippen LogP contribution is -2.51. The quantitative estimate of drug-likeness (QED) is 0.737. The fraction of sp³-hybridized carbons (Fsp3) is 0.316. The molecule has 144 valence electrons. The highest BCUT2D eigenvalue weighted by atomic mass is 32.2. The third kappa shape index (κ3) is 4.88. The fourth-order valence-corrected chi connectivity index (χ4v) is 5.27. The van der Waals surface area contributed by atoms with Crippen molar-refractivity contribution in [3.63, 3.8) is 0 Å². The number of piperazine rings is 1. The number of sulfonamides is 1. The van der Waals surface area contributed by atoms with Gasteiger partial charge in [0.1, 0.15) is 10.7 Å². The van der Waals surface area contributed by atoms with Gasteiger partial charge in [0.2, 0.25) is 15.9 Å². The summed E-state index contributed by atoms with van der Waals surface area (Å²) >= 11 is 1.54. The normalized spacial score (nSPS) is 15.7. The molecule has 3 rings (SSSR count). The van der Waals surface area contributed by atoms with Gasteiger partial charge in [-0.05, 0) is 17.7 Å². The molecule has 1 saturated heterocycles. The lowest BCUT2D eigenvalue weighted by Gasteiger charge is -2.34. The predicted octanol–water partition coefficient (Wildman–Crippen LogP) is 2.59. The van der Waals surface area contributed by atoms with Crippen molar-refractivity contribution in [2.75, 3.05) is 31.9 Å². The van der Waals surface area contributed by atoms with Crippen molar-refractivity contribution in [2.24, 2.45) is 0 Å². The first kappa shape index (κ1) is 19.9. The second-order valence-electron chi connectivity index (χ2n) is 6.19. The van der Waals surface area contributed by atoms with Crippen molar-refractivity contribution in [3.8, 4) is 0 Å². The molecular formula is C19H21FN2O3S2. The number of hydrogen-bond donors (Lipinski definition) is 0. The molecule has 1 heterocycles. The van der Waals surface area contributed by atoms with Crippen LogP contribution in [0.4, 0.5) is 4.39 Å². The summed E-state index contributed by atoms with van der Waals surface area (Å²) in [7, 11) is -3.88. The van der Waals surface area contributed by atoms with E-state index >= 15 is 0 Å². The molecule has 1 fully saturated rings. The van der Waals surface area contributed by atoms with Crippen LogP contribution in [0, 0.1) is 5.82 Å². The van der Waals surface area contributed by atoms with Crippen LogP contribution < -0.4 is 0 Å². The second-order valence-corrected chi connectivity index (χ2v) is 9.09. The zero-order chi connectivity index (χ0) is 19.3. The molecule has 2 aromatic carbocycles. The minimum absolute atomic E-state index is 0.00105. The number of amides is 1. The summed E-state index contributed by atoms with van der Waals surface area (Å²) < 4.78 is 40.3. The zero-order valence-corrected chi connectivity index (χ0v) is 16.4. The Balaban J connectivity index is 1.51. The van der Waals surface area contributed by atoms with E-state index < -0.39 is 15.8 Å². The van der Waals surface area contributed by atoms with Crippen molar-refractivity contribution in [1.29, 1.82) is 0 Å². The van der Waals surface area contributed by atoms with Crippen LogP contribution in [0.1, 0.15) is 5.56 Å². The van der Waals surface area contributed by atoms with Crippen molar-refractivity contribution in [1.82, 2.24) is 9.21 Å². The van der Waals surface area contributed by atoms with Gasteiger partial charge >= 0.3 is 0 Å². The maximum Gasteiger partial charge on any atom is 0.246 e. The molecule has 0 N–H and O–H groups in total. The molecule has 0 bridgehead atoms. The van der Waals surface area contributed by atoms with Crippen molar-refractivity contribution in [3.05, 3.63) is 66.0 Å². The monoisotopic (exact) mass is 408 g/mol. The average Bonchev–Trinajstić information content (AvgIpc) is 2.69. The van der Waals surface area contributed by atoms with Crippen molar-refractivity contribution < 1.29 is 17.6 Å². The number of halogens is 1. The van der Waals surface area contributed by atoms with Gasteiger partial charge in [0.25, 0.3) is 0 Å². The summed E-state index contributed by atoms with van der Waals surface area (Å²) in [6, 6.07) is 15.3. The maximum atomic E-state index is 13.9. The zero-order valence-electron chi connectivity index (χ0n) is 14.8. The number of thioether (sulfide) groups is 1. The fourth-order valence-electron chi connectivity index (χ4n) is 2.89. The Morgan fingerprint density at radius 3 is 2.26 bits per heavy atom. The van der Waals surface area contributed by atoms with Crippen LogP contribution in [0.2, 0.25) is 0 Å². The number of nitrogens with zero attached hydrogens (tertiary/aromatic N) is 2. The minimum Gasteiger partial charge on any atom is -0.339 e. The van der Waals surface area contributed by atoms with Crippen LogP contribution in [-0.2, 0) is 20.6 Å². The second kappa shape index (κ2) is 8.86. The molecule has 5 nitrogen and oxygen atoms in total. The third-order valence-corrected chi connectivity index (χ3v) is 7.30. The van der Waals surface area contributed by atoms with E-state index in [0.717, 1.165) is 17.4 Å². The third-order valence-electron chi connectivity index (χ3n) is 4.38. The Bertz CT molecular complexity index is 883. The van der Waals surface area contributed by atoms with Crippen LogP contribution in [-0.4, -0.2) is 55.5 Å². The summed E-state index contributed by atoms with van der Waals surface area (Å²) in [5.41, 5.74) is 1.16. The Morgan fingerprint density at radius 2 is 1.59 bits per heavy atom. The van der Waals surface area contributed by atoms with Gasteiger partial charge in [-0.15, -0.1) is 11.8 Å². The van der Waals surface area contributed by atoms with Gasteiger partial charge in [0.15, 0.2) is 0 Å². The van der Waals surface area contributed by atoms with E-state index in [-0.39, 0.29) is 23.9 Å². The molecule has 0 atom stereocenters. The Hall–Kier alpha value is -1.90. The molecule has 0 aromatic heterocycles. The van der Waals surface area contributed by atoms with Gasteiger partial charge in [0, 0.05) is 31.9 Å². The van der Waals surface area contributed by atoms with Gasteiger partial charge in [-0.2, -0.15) is 4.31 Å². The van der Waals surface area contributed by atoms with Gasteiger partial charge in [-0.1, -0.05) is 42.5 Å². The van der Waals surface area contributed by atoms with E-state index in [1.165, 1.54) is 22.5 Å². The average molecular weight is 409 g/mol. The molecular weight excluding hydrogens is 387 g/mol. The summed E-state index contributed by atoms with van der Waals surface area (Å²) in [6.45, 7) is 0.981. The standard InChI is InChI=1S/C19H21FN2O3S2/c20-17-8-4-5-9-18(17)27(24,25)22-12-10-21(11-13-22)19(23)15-26-14-16-6-2-1-3-7-16/h1-9H,10-15H2. The number of carbonyl (C=O) groups is 1. The van der Waals surface area contributed by atoms with E-state index in [9.17, 15) is 17.6 Å². The molecule has 0 radical (unpaired) electrons. The summed E-state index contributed by atoms with van der Waals surface area (Å²) in [5.74, 6) is 0.357. The van der Waals surface area contributed by atoms with Gasteiger partial charge in [-0.3, -0.25) is 4.79 Å². The van der Waals surface area contributed by atoms with Crippen LogP contribution in [0.25, 0.3) is 0 Å². The molecule has 27 heavy (non-hydrogen) atoms. The summed E-state index contributed by atoms with van der Waals surface area (Å²) in [5, 5.41) is 0. The van der Waals surface area contributed by atoms with Gasteiger partial charge in [0.05, 0.1) is 5.75 Å². The molecule has 0 spiro atoms. The van der Waals surface area contributed by atoms with Crippen LogP contribution in [0.15, 0.2) is 59.5 Å². The van der Waals surface area contributed by atoms with E-state index in [0.29, 0.717) is 18.8 Å².